The zero-order chi connectivity index (χ0) is 24.9. The van der Waals surface area contributed by atoms with Gasteiger partial charge in [0.15, 0.2) is 12.1 Å². The smallest absolute Gasteiger partial charge is 0.166 e. The van der Waals surface area contributed by atoms with E-state index < -0.39 is 6.10 Å². The summed E-state index contributed by atoms with van der Waals surface area (Å²) in [5.74, 6) is 0.358. The molecule has 0 radical (unpaired) electrons. The molecule has 0 spiro atoms. The minimum Gasteiger partial charge on any atom is -0.507 e. The number of thioether (sulfide) groups is 1. The molecule has 3 aromatic carbocycles. The molecular weight excluding hydrogens is 462 g/mol. The molecule has 0 aromatic heterocycles. The predicted octanol–water partition coefficient (Wildman–Crippen LogP) is 5.11. The number of aliphatic hydroxyl groups excluding tert-OH is 1. The lowest BCUT2D eigenvalue weighted by Crippen LogP contribution is -2.20. The van der Waals surface area contributed by atoms with Crippen LogP contribution in [-0.4, -0.2) is 27.7 Å². The Morgan fingerprint density at radius 1 is 1.14 bits per heavy atom. The first-order valence-corrected chi connectivity index (χ1v) is 12.3. The standard InChI is InChI=1S/C28H27NO5S/c1-3-24(31)22-11-12-25(17(2)27(22)32)34-15-18-7-9-19(10-8-18)28(33)21-6-4-5-20(13-21)23-16-35-26(14-30)29-23/h4-14,16,26,28-29,32-33H,3,15H2,1-2H3. The Labute approximate surface area is 208 Å². The molecule has 1 aliphatic heterocycles. The second kappa shape index (κ2) is 10.8. The van der Waals surface area contributed by atoms with E-state index in [2.05, 4.69) is 5.32 Å². The number of ketones is 1. The Hall–Kier alpha value is -3.55. The third-order valence-corrected chi connectivity index (χ3v) is 6.85. The molecular formula is C28H27NO5S. The molecule has 3 aromatic rings. The second-order valence-corrected chi connectivity index (χ2v) is 9.30. The highest BCUT2D eigenvalue weighted by molar-refractivity contribution is 8.03. The summed E-state index contributed by atoms with van der Waals surface area (Å²) in [6.07, 6.45) is 0.388. The molecule has 6 nitrogen and oxygen atoms in total. The third kappa shape index (κ3) is 5.42. The fourth-order valence-corrected chi connectivity index (χ4v) is 4.61. The molecule has 0 saturated carbocycles. The number of hydrogen-bond acceptors (Lipinski definition) is 7. The van der Waals surface area contributed by atoms with E-state index in [0.29, 0.717) is 23.3 Å². The lowest BCUT2D eigenvalue weighted by atomic mass is 9.98. The van der Waals surface area contributed by atoms with Gasteiger partial charge in [0, 0.05) is 17.7 Å². The molecule has 180 valence electrons. The zero-order valence-electron chi connectivity index (χ0n) is 19.5. The van der Waals surface area contributed by atoms with Crippen molar-refractivity contribution >= 4 is 29.5 Å². The Morgan fingerprint density at radius 2 is 1.91 bits per heavy atom. The number of rotatable bonds is 9. The van der Waals surface area contributed by atoms with Crippen LogP contribution in [0.1, 0.15) is 57.6 Å². The van der Waals surface area contributed by atoms with E-state index in [4.69, 9.17) is 4.74 Å². The summed E-state index contributed by atoms with van der Waals surface area (Å²) >= 11 is 1.42. The van der Waals surface area contributed by atoms with Gasteiger partial charge in [-0.1, -0.05) is 61.2 Å². The number of hydrogen-bond donors (Lipinski definition) is 3. The van der Waals surface area contributed by atoms with Gasteiger partial charge in [-0.2, -0.15) is 0 Å². The maximum atomic E-state index is 11.9. The largest absolute Gasteiger partial charge is 0.507 e. The normalized spacial score (nSPS) is 15.7. The van der Waals surface area contributed by atoms with Gasteiger partial charge < -0.3 is 25.1 Å². The summed E-state index contributed by atoms with van der Waals surface area (Å²) in [5, 5.41) is 26.0. The van der Waals surface area contributed by atoms with E-state index in [-0.39, 0.29) is 23.5 Å². The lowest BCUT2D eigenvalue weighted by molar-refractivity contribution is -0.107. The number of Topliss-reactive ketones (excluding diaryl/α,β-unsaturated/α-hetero) is 1. The SMILES string of the molecule is CCC(=O)c1ccc(OCc2ccc(C(O)c3cccc(C4=CSC(C=O)N4)c3)cc2)c(C)c1O. The van der Waals surface area contributed by atoms with Crippen molar-refractivity contribution in [3.63, 3.8) is 0 Å². The second-order valence-electron chi connectivity index (χ2n) is 8.29. The third-order valence-electron chi connectivity index (χ3n) is 5.96. The van der Waals surface area contributed by atoms with Crippen LogP contribution in [0.25, 0.3) is 5.70 Å². The molecule has 0 amide bonds. The van der Waals surface area contributed by atoms with Crippen LogP contribution in [-0.2, 0) is 11.4 Å². The number of aromatic hydroxyl groups is 1. The molecule has 0 saturated heterocycles. The van der Waals surface area contributed by atoms with Gasteiger partial charge in [0.2, 0.25) is 0 Å². The first-order valence-electron chi connectivity index (χ1n) is 11.3. The van der Waals surface area contributed by atoms with E-state index >= 15 is 0 Å². The molecule has 0 aliphatic carbocycles. The molecule has 3 N–H and O–H groups in total. The molecule has 1 aliphatic rings. The number of nitrogens with one attached hydrogen (secondary N) is 1. The molecule has 7 heteroatoms. The Bertz CT molecular complexity index is 1270. The van der Waals surface area contributed by atoms with Crippen LogP contribution in [0.2, 0.25) is 0 Å². The van der Waals surface area contributed by atoms with E-state index in [1.54, 1.807) is 26.0 Å². The molecule has 4 rings (SSSR count). The number of aldehydes is 1. The van der Waals surface area contributed by atoms with Crippen LogP contribution < -0.4 is 10.1 Å². The summed E-state index contributed by atoms with van der Waals surface area (Å²) in [5.41, 5.74) is 5.01. The number of phenolic OH excluding ortho intramolecular Hbond substituents is 1. The summed E-state index contributed by atoms with van der Waals surface area (Å²) in [6, 6.07) is 18.4. The van der Waals surface area contributed by atoms with Gasteiger partial charge in [-0.25, -0.2) is 0 Å². The van der Waals surface area contributed by atoms with Gasteiger partial charge in [0.1, 0.15) is 29.6 Å². The summed E-state index contributed by atoms with van der Waals surface area (Å²) in [7, 11) is 0. The molecule has 1 heterocycles. The van der Waals surface area contributed by atoms with Crippen LogP contribution in [0, 0.1) is 6.92 Å². The van der Waals surface area contributed by atoms with Crippen LogP contribution in [0.15, 0.2) is 66.1 Å². The van der Waals surface area contributed by atoms with Crippen LogP contribution in [0.3, 0.4) is 0 Å². The van der Waals surface area contributed by atoms with Gasteiger partial charge in [0.25, 0.3) is 0 Å². The van der Waals surface area contributed by atoms with Crippen molar-refractivity contribution in [2.45, 2.75) is 38.4 Å². The van der Waals surface area contributed by atoms with Crippen LogP contribution in [0.4, 0.5) is 0 Å². The maximum Gasteiger partial charge on any atom is 0.166 e. The lowest BCUT2D eigenvalue weighted by Gasteiger charge is -2.15. The first-order chi connectivity index (χ1) is 16.9. The van der Waals surface area contributed by atoms with Gasteiger partial charge in [-0.15, -0.1) is 0 Å². The highest BCUT2D eigenvalue weighted by Gasteiger charge is 2.19. The topological polar surface area (TPSA) is 95.9 Å². The molecule has 2 unspecified atom stereocenters. The van der Waals surface area contributed by atoms with E-state index in [9.17, 15) is 19.8 Å². The Balaban J connectivity index is 1.42. The number of aliphatic hydroxyl groups is 1. The van der Waals surface area contributed by atoms with E-state index in [1.807, 2.05) is 53.9 Å². The van der Waals surface area contributed by atoms with Gasteiger partial charge >= 0.3 is 0 Å². The highest BCUT2D eigenvalue weighted by atomic mass is 32.2. The fraction of sp³-hybridized carbons (Fsp3) is 0.214. The Kier molecular flexibility index (Phi) is 7.58. The summed E-state index contributed by atoms with van der Waals surface area (Å²) in [4.78, 5) is 22.9. The van der Waals surface area contributed by atoms with E-state index in [1.165, 1.54) is 11.8 Å². The van der Waals surface area contributed by atoms with E-state index in [0.717, 1.165) is 34.2 Å². The minimum absolute atomic E-state index is 0.0427. The highest BCUT2D eigenvalue weighted by Crippen LogP contribution is 2.32. The van der Waals surface area contributed by atoms with Gasteiger partial charge in [-0.05, 0) is 52.8 Å². The van der Waals surface area contributed by atoms with Crippen LogP contribution >= 0.6 is 11.8 Å². The number of ether oxygens (including phenoxy) is 1. The van der Waals surface area contributed by atoms with Crippen molar-refractivity contribution in [1.29, 1.82) is 0 Å². The molecule has 2 atom stereocenters. The molecule has 35 heavy (non-hydrogen) atoms. The average Bonchev–Trinajstić information content (AvgIpc) is 3.39. The van der Waals surface area contributed by atoms with Crippen LogP contribution in [0.5, 0.6) is 11.5 Å². The zero-order valence-corrected chi connectivity index (χ0v) is 20.3. The van der Waals surface area contributed by atoms with Gasteiger partial charge in [-0.3, -0.25) is 4.79 Å². The maximum absolute atomic E-state index is 11.9. The fourth-order valence-electron chi connectivity index (χ4n) is 3.86. The molecule has 0 fully saturated rings. The summed E-state index contributed by atoms with van der Waals surface area (Å²) in [6.45, 7) is 3.76. The predicted molar refractivity (Wildman–Crippen MR) is 137 cm³/mol. The quantitative estimate of drug-likeness (QED) is 0.284. The average molecular weight is 490 g/mol. The van der Waals surface area contributed by atoms with Crippen molar-refractivity contribution < 1.29 is 24.5 Å². The molecule has 0 bridgehead atoms. The van der Waals surface area contributed by atoms with Crippen molar-refractivity contribution in [2.75, 3.05) is 0 Å². The minimum atomic E-state index is -0.802. The van der Waals surface area contributed by atoms with Crippen molar-refractivity contribution in [1.82, 2.24) is 5.32 Å². The number of phenols is 1. The van der Waals surface area contributed by atoms with Crippen molar-refractivity contribution in [3.05, 3.63) is 99.5 Å². The first kappa shape index (κ1) is 24.6. The van der Waals surface area contributed by atoms with Crippen molar-refractivity contribution in [3.8, 4) is 11.5 Å². The number of carbonyl (C=O) groups excluding carboxylic acids is 2. The number of benzene rings is 3. The van der Waals surface area contributed by atoms with Gasteiger partial charge in [0.05, 0.1) is 5.56 Å². The Morgan fingerprint density at radius 3 is 2.60 bits per heavy atom. The van der Waals surface area contributed by atoms with Crippen molar-refractivity contribution in [2.24, 2.45) is 0 Å². The number of carbonyl (C=O) groups is 2. The summed E-state index contributed by atoms with van der Waals surface area (Å²) < 4.78 is 5.87. The monoisotopic (exact) mass is 489 g/mol.